The fourth-order valence-corrected chi connectivity index (χ4v) is 7.44. The lowest BCUT2D eigenvalue weighted by Gasteiger charge is -2.37. The molecule has 1 unspecified atom stereocenters. The van der Waals surface area contributed by atoms with Crippen LogP contribution in [0.1, 0.15) is 11.3 Å². The summed E-state index contributed by atoms with van der Waals surface area (Å²) in [5, 5.41) is 1.44. The van der Waals surface area contributed by atoms with Gasteiger partial charge in [-0.05, 0) is 18.2 Å². The van der Waals surface area contributed by atoms with Crippen LogP contribution in [0.25, 0.3) is 21.5 Å². The van der Waals surface area contributed by atoms with Crippen LogP contribution in [-0.2, 0) is 20.3 Å². The first-order valence-electron chi connectivity index (χ1n) is 9.18. The number of ether oxygens (including phenoxy) is 2. The second kappa shape index (κ2) is 6.61. The van der Waals surface area contributed by atoms with E-state index < -0.39 is 21.0 Å². The molecule has 1 saturated heterocycles. The summed E-state index contributed by atoms with van der Waals surface area (Å²) < 4.78 is 37.9. The van der Waals surface area contributed by atoms with Gasteiger partial charge in [0, 0.05) is 18.9 Å². The summed E-state index contributed by atoms with van der Waals surface area (Å²) in [5.41, 5.74) is 5.39. The van der Waals surface area contributed by atoms with Crippen molar-refractivity contribution in [1.82, 2.24) is 9.29 Å². The summed E-state index contributed by atoms with van der Waals surface area (Å²) in [6, 6.07) is 9.62. The Bertz CT molecular complexity index is 1300. The summed E-state index contributed by atoms with van der Waals surface area (Å²) in [6.07, 6.45) is 0.381. The van der Waals surface area contributed by atoms with Crippen molar-refractivity contribution in [1.29, 1.82) is 0 Å². The molecule has 2 aromatic heterocycles. The molecule has 2 aliphatic rings. The van der Waals surface area contributed by atoms with Gasteiger partial charge in [-0.3, -0.25) is 0 Å². The highest BCUT2D eigenvalue weighted by Crippen LogP contribution is 2.52. The smallest absolute Gasteiger partial charge is 0.267 e. The van der Waals surface area contributed by atoms with Gasteiger partial charge in [-0.2, -0.15) is 0 Å². The molecule has 0 amide bonds. The number of nitrogens with one attached hydrogen (secondary N) is 1. The van der Waals surface area contributed by atoms with Crippen molar-refractivity contribution in [2.45, 2.75) is 17.4 Å². The van der Waals surface area contributed by atoms with E-state index in [1.165, 1.54) is 18.4 Å². The van der Waals surface area contributed by atoms with E-state index in [0.717, 1.165) is 31.5 Å². The highest BCUT2D eigenvalue weighted by molar-refractivity contribution is 7.90. The van der Waals surface area contributed by atoms with Crippen LogP contribution < -0.4 is 10.5 Å². The summed E-state index contributed by atoms with van der Waals surface area (Å²) in [7, 11) is -0.821. The molecule has 30 heavy (non-hydrogen) atoms. The number of aliphatic imine (C=N–C) groups is 1. The Balaban J connectivity index is 1.66. The number of nitrogens with zero attached hydrogens (tertiary/aromatic N) is 2. The number of nitrogens with two attached hydrogens (primary N) is 1. The van der Waals surface area contributed by atoms with Crippen molar-refractivity contribution in [2.75, 3.05) is 20.8 Å². The molecule has 5 rings (SSSR count). The van der Waals surface area contributed by atoms with Crippen LogP contribution in [0, 0.1) is 0 Å². The van der Waals surface area contributed by atoms with Gasteiger partial charge in [0.15, 0.2) is 0 Å². The lowest BCUT2D eigenvalue weighted by Crippen LogP contribution is -2.55. The Labute approximate surface area is 182 Å². The Morgan fingerprint density at radius 1 is 1.43 bits per heavy atom. The number of fused-ring (bicyclic) bond motifs is 2. The first-order valence-corrected chi connectivity index (χ1v) is 11.9. The van der Waals surface area contributed by atoms with Gasteiger partial charge >= 0.3 is 0 Å². The molecular weight excluding hydrogens is 448 g/mol. The summed E-state index contributed by atoms with van der Waals surface area (Å²) in [4.78, 5) is 9.44. The van der Waals surface area contributed by atoms with Gasteiger partial charge in [0.2, 0.25) is 11.4 Å². The molecule has 11 heteroatoms. The zero-order chi connectivity index (χ0) is 21.3. The third-order valence-corrected chi connectivity index (χ3v) is 9.38. The maximum atomic E-state index is 12.9. The van der Waals surface area contributed by atoms with Gasteiger partial charge in [0.05, 0.1) is 39.7 Å². The van der Waals surface area contributed by atoms with Gasteiger partial charge in [-0.25, -0.2) is 17.7 Å². The predicted octanol–water partition coefficient (Wildman–Crippen LogP) is 3.09. The van der Waals surface area contributed by atoms with Crippen LogP contribution in [0.15, 0.2) is 35.3 Å². The monoisotopic (exact) mass is 466 g/mol. The van der Waals surface area contributed by atoms with E-state index in [4.69, 9.17) is 26.8 Å². The number of methoxy groups -OCH3 is 1. The van der Waals surface area contributed by atoms with Crippen molar-refractivity contribution < 1.29 is 17.9 Å². The van der Waals surface area contributed by atoms with E-state index in [1.54, 1.807) is 7.11 Å². The molecule has 8 nitrogen and oxygen atoms in total. The molecule has 3 aromatic rings. The number of thiophene rings is 1. The molecule has 0 saturated carbocycles. The molecule has 0 bridgehead atoms. The van der Waals surface area contributed by atoms with E-state index in [1.807, 2.05) is 30.3 Å². The summed E-state index contributed by atoms with van der Waals surface area (Å²) in [6.45, 7) is 0.252. The molecule has 158 valence electrons. The number of benzene rings is 1. The van der Waals surface area contributed by atoms with Crippen LogP contribution in [0.3, 0.4) is 0 Å². The Morgan fingerprint density at radius 2 is 2.23 bits per heavy atom. The third kappa shape index (κ3) is 2.60. The molecule has 0 spiro atoms. The van der Waals surface area contributed by atoms with Gasteiger partial charge < -0.3 is 20.2 Å². The Hall–Kier alpha value is -2.27. The maximum Gasteiger partial charge on any atom is 0.267 e. The largest absolute Gasteiger partial charge is 0.495 e. The topological polar surface area (TPSA) is 110 Å². The lowest BCUT2D eigenvalue weighted by atomic mass is 9.97. The normalized spacial score (nSPS) is 25.4. The zero-order valence-electron chi connectivity index (χ0n) is 16.2. The van der Waals surface area contributed by atoms with Crippen molar-refractivity contribution in [2.24, 2.45) is 10.7 Å². The average molecular weight is 467 g/mol. The Morgan fingerprint density at radius 3 is 3.00 bits per heavy atom. The van der Waals surface area contributed by atoms with E-state index >= 15 is 0 Å². The number of sulfonamides is 1. The molecule has 1 fully saturated rings. The van der Waals surface area contributed by atoms with Crippen molar-refractivity contribution in [3.63, 3.8) is 0 Å². The molecule has 3 N–H and O–H groups in total. The van der Waals surface area contributed by atoms with E-state index in [9.17, 15) is 8.42 Å². The number of para-hydroxylation sites is 1. The summed E-state index contributed by atoms with van der Waals surface area (Å²) >= 11 is 8.01. The number of guanidine groups is 1. The highest BCUT2D eigenvalue weighted by atomic mass is 35.5. The molecule has 4 heterocycles. The number of hydrogen-bond acceptors (Lipinski definition) is 7. The number of halogens is 1. The molecule has 0 radical (unpaired) electrons. The van der Waals surface area contributed by atoms with Gasteiger partial charge in [0.25, 0.3) is 10.0 Å². The van der Waals surface area contributed by atoms with E-state index in [-0.39, 0.29) is 12.6 Å². The predicted molar refractivity (Wildman–Crippen MR) is 118 cm³/mol. The fraction of sp³-hybridized carbons (Fsp3) is 0.316. The molecule has 2 aliphatic heterocycles. The first-order chi connectivity index (χ1) is 14.3. The van der Waals surface area contributed by atoms with Crippen molar-refractivity contribution in [3.8, 4) is 16.3 Å². The minimum atomic E-state index is -3.82. The van der Waals surface area contributed by atoms with Gasteiger partial charge in [-0.1, -0.05) is 23.7 Å². The quantitative estimate of drug-likeness (QED) is 0.616. The van der Waals surface area contributed by atoms with Crippen LogP contribution in [-0.4, -0.2) is 49.9 Å². The highest BCUT2D eigenvalue weighted by Gasteiger charge is 2.59. The summed E-state index contributed by atoms with van der Waals surface area (Å²) in [5.74, 6) is 0.668. The van der Waals surface area contributed by atoms with Crippen molar-refractivity contribution >= 4 is 49.8 Å². The van der Waals surface area contributed by atoms with Crippen LogP contribution in [0.5, 0.6) is 5.75 Å². The second-order valence-electron chi connectivity index (χ2n) is 7.25. The fourth-order valence-electron chi connectivity index (χ4n) is 4.07. The molecule has 1 aromatic carbocycles. The number of hydrogen-bond donors (Lipinski definition) is 2. The van der Waals surface area contributed by atoms with E-state index in [2.05, 4.69) is 9.98 Å². The van der Waals surface area contributed by atoms with Crippen LogP contribution in [0.4, 0.5) is 0 Å². The van der Waals surface area contributed by atoms with Gasteiger partial charge in [-0.15, -0.1) is 11.3 Å². The zero-order valence-corrected chi connectivity index (χ0v) is 18.6. The minimum Gasteiger partial charge on any atom is -0.495 e. The Kier molecular flexibility index (Phi) is 4.34. The minimum absolute atomic E-state index is 0.0712. The van der Waals surface area contributed by atoms with E-state index in [0.29, 0.717) is 16.3 Å². The molecular formula is C19H19ClN4O4S2. The number of rotatable bonds is 3. The van der Waals surface area contributed by atoms with Crippen molar-refractivity contribution in [3.05, 3.63) is 40.2 Å². The standard InChI is InChI=1S/C19H19ClN4O4S2/c1-24-18(21)23-19(6-7-28-17(19)30(24,25)26)16-11(20)9-14(29-16)12-8-10-4-3-5-13(27-2)15(10)22-12/h3-5,8-9,17,22H,6-7H2,1-2H3,(H2,21,23)/t17?,19-/m1/s1. The maximum absolute atomic E-state index is 12.9. The average Bonchev–Trinajstić information content (AvgIpc) is 3.42. The third-order valence-electron chi connectivity index (χ3n) is 5.61. The SMILES string of the molecule is COc1cccc2cc(-c3cc(Cl)c([C@]45CCOC4S(=O)(=O)N(C)C(N)=N5)s3)[nH]c12. The number of H-pyrrole nitrogens is 1. The number of aromatic nitrogens is 1. The number of aromatic amines is 1. The second-order valence-corrected chi connectivity index (χ2v) is 10.7. The molecule has 2 atom stereocenters. The lowest BCUT2D eigenvalue weighted by molar-refractivity contribution is 0.135. The van der Waals surface area contributed by atoms with Gasteiger partial charge in [0.1, 0.15) is 11.3 Å². The van der Waals surface area contributed by atoms with Crippen LogP contribution in [0.2, 0.25) is 5.02 Å². The first kappa shape index (κ1) is 19.7. The van der Waals surface area contributed by atoms with Crippen LogP contribution >= 0.6 is 22.9 Å². The molecule has 0 aliphatic carbocycles.